The van der Waals surface area contributed by atoms with Crippen molar-refractivity contribution in [3.8, 4) is 0 Å². The molecule has 0 bridgehead atoms. The molecule has 16 heavy (non-hydrogen) atoms. The van der Waals surface area contributed by atoms with Crippen molar-refractivity contribution in [2.75, 3.05) is 38.1 Å². The van der Waals surface area contributed by atoms with Crippen LogP contribution in [0.25, 0.3) is 0 Å². The van der Waals surface area contributed by atoms with Gasteiger partial charge in [0.05, 0.1) is 8.95 Å². The molecule has 1 heterocycles. The van der Waals surface area contributed by atoms with Gasteiger partial charge < -0.3 is 9.80 Å². The lowest BCUT2D eigenvalue weighted by Crippen LogP contribution is -2.44. The number of benzene rings is 1. The van der Waals surface area contributed by atoms with Crippen LogP contribution in [0.1, 0.15) is 0 Å². The van der Waals surface area contributed by atoms with Gasteiger partial charge in [0.25, 0.3) is 0 Å². The summed E-state index contributed by atoms with van der Waals surface area (Å²) in [6, 6.07) is 3.68. The zero-order chi connectivity index (χ0) is 11.7. The predicted molar refractivity (Wildman–Crippen MR) is 71.5 cm³/mol. The summed E-state index contributed by atoms with van der Waals surface area (Å²) in [6.45, 7) is 4.07. The Morgan fingerprint density at radius 1 is 1.06 bits per heavy atom. The first-order chi connectivity index (χ1) is 7.58. The lowest BCUT2D eigenvalue weighted by Gasteiger charge is -2.34. The van der Waals surface area contributed by atoms with E-state index in [0.29, 0.717) is 8.95 Å². The lowest BCUT2D eigenvalue weighted by molar-refractivity contribution is 0.313. The highest BCUT2D eigenvalue weighted by Crippen LogP contribution is 2.30. The molecule has 0 atom stereocenters. The number of rotatable bonds is 1. The summed E-state index contributed by atoms with van der Waals surface area (Å²) >= 11 is 6.47. The average molecular weight is 352 g/mol. The lowest BCUT2D eigenvalue weighted by atomic mass is 10.2. The fourth-order valence-corrected chi connectivity index (χ4v) is 2.95. The molecule has 1 saturated heterocycles. The number of halogens is 3. The van der Waals surface area contributed by atoms with E-state index in [0.717, 1.165) is 31.9 Å². The molecule has 1 fully saturated rings. The van der Waals surface area contributed by atoms with Crippen LogP contribution in [0.5, 0.6) is 0 Å². The number of anilines is 1. The Morgan fingerprint density at radius 3 is 2.06 bits per heavy atom. The Hall–Kier alpha value is -0.130. The van der Waals surface area contributed by atoms with Gasteiger partial charge in [-0.15, -0.1) is 0 Å². The van der Waals surface area contributed by atoms with E-state index in [4.69, 9.17) is 0 Å². The van der Waals surface area contributed by atoms with Crippen molar-refractivity contribution in [1.29, 1.82) is 0 Å². The topological polar surface area (TPSA) is 6.48 Å². The molecule has 0 unspecified atom stereocenters. The maximum absolute atomic E-state index is 13.4. The summed E-state index contributed by atoms with van der Waals surface area (Å²) in [4.78, 5) is 4.57. The predicted octanol–water partition coefficient (Wildman–Crippen LogP) is 3.10. The van der Waals surface area contributed by atoms with E-state index in [1.807, 2.05) is 12.1 Å². The van der Waals surface area contributed by atoms with E-state index < -0.39 is 0 Å². The summed E-state index contributed by atoms with van der Waals surface area (Å²) in [6.07, 6.45) is 0. The van der Waals surface area contributed by atoms with Gasteiger partial charge >= 0.3 is 0 Å². The van der Waals surface area contributed by atoms with Crippen molar-refractivity contribution < 1.29 is 4.39 Å². The third-order valence-corrected chi connectivity index (χ3v) is 3.99. The van der Waals surface area contributed by atoms with Crippen LogP contribution in [0.3, 0.4) is 0 Å². The molecule has 1 aliphatic heterocycles. The number of nitrogens with zero attached hydrogens (tertiary/aromatic N) is 2. The standard InChI is InChI=1S/C11H13Br2FN2/c1-15-2-4-16(5-3-15)8-6-9(12)11(14)10(13)7-8/h6-7H,2-5H2,1H3. The summed E-state index contributed by atoms with van der Waals surface area (Å²) in [7, 11) is 2.12. The van der Waals surface area contributed by atoms with Crippen LogP contribution in [0, 0.1) is 5.82 Å². The molecule has 0 N–H and O–H groups in total. The van der Waals surface area contributed by atoms with Crippen molar-refractivity contribution in [2.45, 2.75) is 0 Å². The second-order valence-electron chi connectivity index (χ2n) is 4.01. The van der Waals surface area contributed by atoms with Gasteiger partial charge in [0.15, 0.2) is 5.82 Å². The quantitative estimate of drug-likeness (QED) is 0.717. The van der Waals surface area contributed by atoms with E-state index in [1.165, 1.54) is 0 Å². The minimum atomic E-state index is -0.238. The van der Waals surface area contributed by atoms with Crippen LogP contribution in [0.15, 0.2) is 21.1 Å². The smallest absolute Gasteiger partial charge is 0.151 e. The average Bonchev–Trinajstić information content (AvgIpc) is 2.26. The maximum Gasteiger partial charge on any atom is 0.151 e. The minimum absolute atomic E-state index is 0.238. The molecule has 0 radical (unpaired) electrons. The van der Waals surface area contributed by atoms with E-state index in [-0.39, 0.29) is 5.82 Å². The summed E-state index contributed by atoms with van der Waals surface area (Å²) < 4.78 is 14.4. The van der Waals surface area contributed by atoms with Crippen molar-refractivity contribution in [1.82, 2.24) is 4.90 Å². The first kappa shape index (κ1) is 12.3. The van der Waals surface area contributed by atoms with Gasteiger partial charge in [0.1, 0.15) is 0 Å². The minimum Gasteiger partial charge on any atom is -0.369 e. The Labute approximate surface area is 112 Å². The largest absolute Gasteiger partial charge is 0.369 e. The molecule has 0 aromatic heterocycles. The Kier molecular flexibility index (Phi) is 3.87. The third kappa shape index (κ3) is 2.57. The molecule has 88 valence electrons. The summed E-state index contributed by atoms with van der Waals surface area (Å²) in [5.41, 5.74) is 1.06. The molecule has 1 aromatic rings. The molecule has 0 amide bonds. The summed E-state index contributed by atoms with van der Waals surface area (Å²) in [5, 5.41) is 0. The van der Waals surface area contributed by atoms with Crippen molar-refractivity contribution in [3.05, 3.63) is 26.9 Å². The van der Waals surface area contributed by atoms with E-state index in [9.17, 15) is 4.39 Å². The highest BCUT2D eigenvalue weighted by atomic mass is 79.9. The Morgan fingerprint density at radius 2 is 1.56 bits per heavy atom. The zero-order valence-corrected chi connectivity index (χ0v) is 12.2. The molecule has 1 aliphatic rings. The van der Waals surface area contributed by atoms with Crippen LogP contribution in [0.4, 0.5) is 10.1 Å². The van der Waals surface area contributed by atoms with Gasteiger partial charge in [-0.3, -0.25) is 0 Å². The molecule has 0 aliphatic carbocycles. The number of hydrogen-bond donors (Lipinski definition) is 0. The number of likely N-dealkylation sites (N-methyl/N-ethyl adjacent to an activating group) is 1. The molecular weight excluding hydrogens is 339 g/mol. The zero-order valence-electron chi connectivity index (χ0n) is 9.01. The SMILES string of the molecule is CN1CCN(c2cc(Br)c(F)c(Br)c2)CC1. The monoisotopic (exact) mass is 350 g/mol. The second-order valence-corrected chi connectivity index (χ2v) is 5.72. The Bertz CT molecular complexity index is 367. The molecule has 0 spiro atoms. The van der Waals surface area contributed by atoms with Gasteiger partial charge in [0, 0.05) is 31.9 Å². The molecule has 1 aromatic carbocycles. The molecule has 0 saturated carbocycles. The van der Waals surface area contributed by atoms with E-state index in [1.54, 1.807) is 0 Å². The fourth-order valence-electron chi connectivity index (χ4n) is 1.79. The van der Waals surface area contributed by atoms with Gasteiger partial charge in [-0.05, 0) is 51.0 Å². The van der Waals surface area contributed by atoms with Crippen LogP contribution in [-0.4, -0.2) is 38.1 Å². The summed E-state index contributed by atoms with van der Waals surface area (Å²) in [5.74, 6) is -0.238. The number of hydrogen-bond acceptors (Lipinski definition) is 2. The second kappa shape index (κ2) is 5.02. The van der Waals surface area contributed by atoms with Crippen molar-refractivity contribution in [2.24, 2.45) is 0 Å². The highest BCUT2D eigenvalue weighted by molar-refractivity contribution is 9.11. The Balaban J connectivity index is 2.21. The van der Waals surface area contributed by atoms with E-state index >= 15 is 0 Å². The molecular formula is C11H13Br2FN2. The van der Waals surface area contributed by atoms with Crippen LogP contribution >= 0.6 is 31.9 Å². The van der Waals surface area contributed by atoms with Crippen molar-refractivity contribution in [3.63, 3.8) is 0 Å². The molecule has 2 rings (SSSR count). The first-order valence-corrected chi connectivity index (χ1v) is 6.74. The van der Waals surface area contributed by atoms with Crippen LogP contribution in [-0.2, 0) is 0 Å². The van der Waals surface area contributed by atoms with Gasteiger partial charge in [-0.1, -0.05) is 0 Å². The number of piperazine rings is 1. The van der Waals surface area contributed by atoms with E-state index in [2.05, 4.69) is 48.7 Å². The van der Waals surface area contributed by atoms with Gasteiger partial charge in [0.2, 0.25) is 0 Å². The highest BCUT2D eigenvalue weighted by Gasteiger charge is 2.16. The normalized spacial score (nSPS) is 17.9. The van der Waals surface area contributed by atoms with Crippen molar-refractivity contribution >= 4 is 37.5 Å². The van der Waals surface area contributed by atoms with Gasteiger partial charge in [-0.25, -0.2) is 4.39 Å². The molecule has 2 nitrogen and oxygen atoms in total. The van der Waals surface area contributed by atoms with Crippen LogP contribution in [0.2, 0.25) is 0 Å². The first-order valence-electron chi connectivity index (χ1n) is 5.16. The molecule has 5 heteroatoms. The fraction of sp³-hybridized carbons (Fsp3) is 0.455. The third-order valence-electron chi connectivity index (χ3n) is 2.84. The maximum atomic E-state index is 13.4. The van der Waals surface area contributed by atoms with Gasteiger partial charge in [-0.2, -0.15) is 0 Å². The van der Waals surface area contributed by atoms with Crippen LogP contribution < -0.4 is 4.90 Å².